The molecule has 4 heteroatoms. The van der Waals surface area contributed by atoms with E-state index in [1.807, 2.05) is 17.5 Å². The average Bonchev–Trinajstić information content (AvgIpc) is 3.01. The van der Waals surface area contributed by atoms with Crippen molar-refractivity contribution in [3.63, 3.8) is 0 Å². The van der Waals surface area contributed by atoms with Crippen molar-refractivity contribution < 1.29 is 0 Å². The van der Waals surface area contributed by atoms with Crippen LogP contribution in [0.4, 0.5) is 0 Å². The fourth-order valence-electron chi connectivity index (χ4n) is 2.74. The van der Waals surface area contributed by atoms with E-state index < -0.39 is 0 Å². The second kappa shape index (κ2) is 5.24. The second-order valence-electron chi connectivity index (χ2n) is 5.10. The summed E-state index contributed by atoms with van der Waals surface area (Å²) in [6.07, 6.45) is 4.42. The van der Waals surface area contributed by atoms with Crippen molar-refractivity contribution in [1.82, 2.24) is 15.1 Å². The number of likely N-dealkylation sites (tertiary alicyclic amines) is 1. The molecule has 1 aliphatic heterocycles. The van der Waals surface area contributed by atoms with Crippen LogP contribution in [-0.2, 0) is 6.54 Å². The van der Waals surface area contributed by atoms with Crippen LogP contribution in [0.25, 0.3) is 0 Å². The Morgan fingerprint density at radius 1 is 1.44 bits per heavy atom. The Morgan fingerprint density at radius 3 is 3.11 bits per heavy atom. The van der Waals surface area contributed by atoms with Crippen LogP contribution < -0.4 is 0 Å². The molecule has 0 aliphatic carbocycles. The van der Waals surface area contributed by atoms with Gasteiger partial charge >= 0.3 is 0 Å². The number of nitrogens with zero attached hydrogens (tertiary/aromatic N) is 2. The lowest BCUT2D eigenvalue weighted by atomic mass is 9.95. The summed E-state index contributed by atoms with van der Waals surface area (Å²) in [6, 6.07) is 6.60. The predicted octanol–water partition coefficient (Wildman–Crippen LogP) is 3.16. The smallest absolute Gasteiger partial charge is 0.0490 e. The lowest BCUT2D eigenvalue weighted by Crippen LogP contribution is -2.33. The quantitative estimate of drug-likeness (QED) is 0.920. The van der Waals surface area contributed by atoms with Crippen LogP contribution in [0, 0.1) is 6.92 Å². The van der Waals surface area contributed by atoms with E-state index >= 15 is 0 Å². The van der Waals surface area contributed by atoms with E-state index in [0.717, 1.165) is 13.1 Å². The molecule has 1 aliphatic rings. The standard InChI is InChI=1S/C14H19N3S/c1-11-4-5-13(18-11)10-17-8-2-3-12(9-17)14-6-7-15-16-14/h4-7,12H,2-3,8-10H2,1H3,(H,15,16)/t12-/m1/s1. The number of hydrogen-bond acceptors (Lipinski definition) is 3. The monoisotopic (exact) mass is 261 g/mol. The molecule has 0 amide bonds. The highest BCUT2D eigenvalue weighted by atomic mass is 32.1. The van der Waals surface area contributed by atoms with Gasteiger partial charge in [-0.2, -0.15) is 5.10 Å². The molecule has 0 saturated carbocycles. The molecule has 1 saturated heterocycles. The summed E-state index contributed by atoms with van der Waals surface area (Å²) in [5.74, 6) is 0.627. The fourth-order valence-corrected chi connectivity index (χ4v) is 3.67. The number of aryl methyl sites for hydroxylation is 1. The van der Waals surface area contributed by atoms with Crippen LogP contribution >= 0.6 is 11.3 Å². The summed E-state index contributed by atoms with van der Waals surface area (Å²) in [7, 11) is 0. The van der Waals surface area contributed by atoms with Gasteiger partial charge in [0.05, 0.1) is 0 Å². The van der Waals surface area contributed by atoms with E-state index in [1.54, 1.807) is 0 Å². The highest BCUT2D eigenvalue weighted by Crippen LogP contribution is 2.27. The Hall–Kier alpha value is -1.13. The lowest BCUT2D eigenvalue weighted by Gasteiger charge is -2.31. The largest absolute Gasteiger partial charge is 0.298 e. The Kier molecular flexibility index (Phi) is 3.48. The number of rotatable bonds is 3. The normalized spacial score (nSPS) is 21.3. The van der Waals surface area contributed by atoms with Crippen molar-refractivity contribution in [3.05, 3.63) is 39.8 Å². The zero-order valence-electron chi connectivity index (χ0n) is 10.7. The summed E-state index contributed by atoms with van der Waals surface area (Å²) in [4.78, 5) is 5.46. The van der Waals surface area contributed by atoms with Crippen molar-refractivity contribution in [3.8, 4) is 0 Å². The molecule has 3 rings (SSSR count). The molecule has 0 aromatic carbocycles. The van der Waals surface area contributed by atoms with Gasteiger partial charge in [-0.3, -0.25) is 10.00 Å². The summed E-state index contributed by atoms with van der Waals surface area (Å²) in [5, 5.41) is 7.19. The molecule has 2 aromatic heterocycles. The van der Waals surface area contributed by atoms with Gasteiger partial charge in [-0.15, -0.1) is 11.3 Å². The van der Waals surface area contributed by atoms with Gasteiger partial charge in [-0.1, -0.05) is 0 Å². The van der Waals surface area contributed by atoms with Crippen molar-refractivity contribution in [2.75, 3.05) is 13.1 Å². The zero-order valence-corrected chi connectivity index (χ0v) is 11.5. The molecule has 1 fully saturated rings. The number of nitrogens with one attached hydrogen (secondary N) is 1. The van der Waals surface area contributed by atoms with Crippen LogP contribution in [0.1, 0.15) is 34.2 Å². The maximum Gasteiger partial charge on any atom is 0.0490 e. The van der Waals surface area contributed by atoms with Crippen LogP contribution in [-0.4, -0.2) is 28.2 Å². The number of aromatic amines is 1. The topological polar surface area (TPSA) is 31.9 Å². The first-order valence-corrected chi connectivity index (χ1v) is 7.40. The first-order chi connectivity index (χ1) is 8.81. The Labute approximate surface area is 112 Å². The summed E-state index contributed by atoms with van der Waals surface area (Å²) >= 11 is 1.92. The van der Waals surface area contributed by atoms with Gasteiger partial charge in [0.15, 0.2) is 0 Å². The van der Waals surface area contributed by atoms with E-state index in [2.05, 4.69) is 40.2 Å². The third kappa shape index (κ3) is 2.65. The molecule has 3 nitrogen and oxygen atoms in total. The number of H-pyrrole nitrogens is 1. The molecule has 0 bridgehead atoms. The van der Waals surface area contributed by atoms with E-state index in [0.29, 0.717) is 5.92 Å². The molecule has 1 atom stereocenters. The molecule has 0 unspecified atom stereocenters. The van der Waals surface area contributed by atoms with Gasteiger partial charge in [0.25, 0.3) is 0 Å². The molecule has 96 valence electrons. The van der Waals surface area contributed by atoms with Crippen LogP contribution in [0.5, 0.6) is 0 Å². The highest BCUT2D eigenvalue weighted by Gasteiger charge is 2.22. The van der Waals surface area contributed by atoms with Gasteiger partial charge in [0.2, 0.25) is 0 Å². The van der Waals surface area contributed by atoms with Crippen LogP contribution in [0.3, 0.4) is 0 Å². The van der Waals surface area contributed by atoms with Crippen LogP contribution in [0.2, 0.25) is 0 Å². The number of aromatic nitrogens is 2. The molecule has 18 heavy (non-hydrogen) atoms. The van der Waals surface area contributed by atoms with Crippen LogP contribution in [0.15, 0.2) is 24.4 Å². The molecule has 1 N–H and O–H groups in total. The SMILES string of the molecule is Cc1ccc(CN2CCC[C@@H](c3ccn[nH]3)C2)s1. The zero-order chi connectivity index (χ0) is 12.4. The number of piperidine rings is 1. The van der Waals surface area contributed by atoms with Crippen molar-refractivity contribution >= 4 is 11.3 Å². The molecule has 2 aromatic rings. The Bertz CT molecular complexity index is 489. The minimum atomic E-state index is 0.627. The van der Waals surface area contributed by atoms with Crippen molar-refractivity contribution in [2.45, 2.75) is 32.2 Å². The fraction of sp³-hybridized carbons (Fsp3) is 0.500. The van der Waals surface area contributed by atoms with Gasteiger partial charge < -0.3 is 0 Å². The molecular weight excluding hydrogens is 242 g/mol. The first kappa shape index (κ1) is 11.9. The Balaban J connectivity index is 1.63. The highest BCUT2D eigenvalue weighted by molar-refractivity contribution is 7.11. The maximum atomic E-state index is 4.07. The maximum absolute atomic E-state index is 4.07. The van der Waals surface area contributed by atoms with Gasteiger partial charge in [-0.05, 0) is 44.5 Å². The molecular formula is C14H19N3S. The lowest BCUT2D eigenvalue weighted by molar-refractivity contribution is 0.200. The molecule has 3 heterocycles. The number of thiophene rings is 1. The summed E-state index contributed by atoms with van der Waals surface area (Å²) in [5.41, 5.74) is 1.29. The van der Waals surface area contributed by atoms with E-state index in [-0.39, 0.29) is 0 Å². The Morgan fingerprint density at radius 2 is 2.39 bits per heavy atom. The summed E-state index contributed by atoms with van der Waals surface area (Å²) in [6.45, 7) is 5.65. The average molecular weight is 261 g/mol. The third-order valence-corrected chi connectivity index (χ3v) is 4.63. The molecule has 0 radical (unpaired) electrons. The van der Waals surface area contributed by atoms with Crippen molar-refractivity contribution in [1.29, 1.82) is 0 Å². The third-order valence-electron chi connectivity index (χ3n) is 3.64. The van der Waals surface area contributed by atoms with Crippen molar-refractivity contribution in [2.24, 2.45) is 0 Å². The molecule has 0 spiro atoms. The van der Waals surface area contributed by atoms with Gasteiger partial charge in [0.1, 0.15) is 0 Å². The van der Waals surface area contributed by atoms with E-state index in [9.17, 15) is 0 Å². The first-order valence-electron chi connectivity index (χ1n) is 6.58. The second-order valence-corrected chi connectivity index (χ2v) is 6.47. The summed E-state index contributed by atoms with van der Waals surface area (Å²) < 4.78 is 0. The van der Waals surface area contributed by atoms with Gasteiger partial charge in [0, 0.05) is 40.7 Å². The minimum absolute atomic E-state index is 0.627. The number of hydrogen-bond donors (Lipinski definition) is 1. The van der Waals surface area contributed by atoms with E-state index in [1.165, 1.54) is 34.8 Å². The van der Waals surface area contributed by atoms with E-state index in [4.69, 9.17) is 0 Å². The minimum Gasteiger partial charge on any atom is -0.298 e. The predicted molar refractivity (Wildman–Crippen MR) is 74.9 cm³/mol. The van der Waals surface area contributed by atoms with Gasteiger partial charge in [-0.25, -0.2) is 0 Å².